The molecule has 1 aliphatic rings. The summed E-state index contributed by atoms with van der Waals surface area (Å²) in [7, 11) is 0. The lowest BCUT2D eigenvalue weighted by Crippen LogP contribution is -2.47. The number of nitrogens with zero attached hydrogens (tertiary/aromatic N) is 3. The highest BCUT2D eigenvalue weighted by molar-refractivity contribution is 8.01. The molecule has 2 heterocycles. The van der Waals surface area contributed by atoms with Crippen LogP contribution in [-0.4, -0.2) is 71.7 Å². The lowest BCUT2D eigenvalue weighted by Gasteiger charge is -2.33. The summed E-state index contributed by atoms with van der Waals surface area (Å²) in [5.41, 5.74) is 1.08. The highest BCUT2D eigenvalue weighted by Crippen LogP contribution is 2.25. The smallest absolute Gasteiger partial charge is 0.321 e. The van der Waals surface area contributed by atoms with Crippen molar-refractivity contribution in [1.82, 2.24) is 25.7 Å². The Bertz CT molecular complexity index is 932. The zero-order valence-electron chi connectivity index (χ0n) is 17.4. The molecule has 1 aliphatic heterocycles. The Labute approximate surface area is 204 Å². The van der Waals surface area contributed by atoms with Gasteiger partial charge < -0.3 is 15.4 Å². The van der Waals surface area contributed by atoms with Crippen molar-refractivity contribution in [1.29, 1.82) is 0 Å². The molecule has 1 aromatic carbocycles. The van der Waals surface area contributed by atoms with Crippen molar-refractivity contribution in [3.63, 3.8) is 0 Å². The average molecular weight is 519 g/mol. The standard InChI is InChI=1S/C19H24Cl2N6O3S2/c1-2-22-17(29)24-18-25-26-19(32-18)31-11-16(28)23-8-13-10-27(5-6-30-13)9-12-3-4-14(20)15(21)7-12/h3-4,7,13H,2,5-6,8-11H2,1H3,(H,23,28)(H2,22,24,25,29)/t13-/m0/s1. The summed E-state index contributed by atoms with van der Waals surface area (Å²) in [6.45, 7) is 5.63. The summed E-state index contributed by atoms with van der Waals surface area (Å²) in [6, 6.07) is 5.30. The second kappa shape index (κ2) is 12.6. The summed E-state index contributed by atoms with van der Waals surface area (Å²) in [5.74, 6) is 0.0869. The van der Waals surface area contributed by atoms with Crippen LogP contribution in [0.25, 0.3) is 0 Å². The molecular formula is C19H24Cl2N6O3S2. The number of benzene rings is 1. The van der Waals surface area contributed by atoms with Gasteiger partial charge >= 0.3 is 6.03 Å². The predicted molar refractivity (Wildman–Crippen MR) is 128 cm³/mol. The number of halogens is 2. The predicted octanol–water partition coefficient (Wildman–Crippen LogP) is 3.10. The molecule has 32 heavy (non-hydrogen) atoms. The number of amides is 3. The molecule has 1 atom stereocenters. The number of thioether (sulfide) groups is 1. The van der Waals surface area contributed by atoms with Crippen LogP contribution in [0, 0.1) is 0 Å². The van der Waals surface area contributed by atoms with Crippen molar-refractivity contribution in [2.24, 2.45) is 0 Å². The molecule has 1 aromatic heterocycles. The molecule has 9 nitrogen and oxygen atoms in total. The van der Waals surface area contributed by atoms with Crippen LogP contribution in [-0.2, 0) is 16.1 Å². The van der Waals surface area contributed by atoms with E-state index >= 15 is 0 Å². The highest BCUT2D eigenvalue weighted by atomic mass is 35.5. The fourth-order valence-electron chi connectivity index (χ4n) is 2.97. The van der Waals surface area contributed by atoms with E-state index in [-0.39, 0.29) is 23.8 Å². The highest BCUT2D eigenvalue weighted by Gasteiger charge is 2.21. The molecule has 3 rings (SSSR count). The molecule has 0 saturated carbocycles. The summed E-state index contributed by atoms with van der Waals surface area (Å²) >= 11 is 14.6. The molecule has 0 bridgehead atoms. The Hall–Kier alpha value is -1.63. The minimum absolute atomic E-state index is 0.0881. The zero-order chi connectivity index (χ0) is 22.9. The Balaban J connectivity index is 1.37. The van der Waals surface area contributed by atoms with Gasteiger partial charge in [0, 0.05) is 32.7 Å². The van der Waals surface area contributed by atoms with Gasteiger partial charge in [-0.1, -0.05) is 52.4 Å². The number of anilines is 1. The summed E-state index contributed by atoms with van der Waals surface area (Å²) < 4.78 is 6.39. The molecule has 174 valence electrons. The lowest BCUT2D eigenvalue weighted by molar-refractivity contribution is -0.119. The van der Waals surface area contributed by atoms with Gasteiger partial charge in [0.25, 0.3) is 0 Å². The van der Waals surface area contributed by atoms with Crippen molar-refractivity contribution < 1.29 is 14.3 Å². The maximum atomic E-state index is 12.2. The van der Waals surface area contributed by atoms with Crippen molar-refractivity contribution in [2.45, 2.75) is 23.9 Å². The third-order valence-corrected chi connectivity index (χ3v) is 7.14. The largest absolute Gasteiger partial charge is 0.374 e. The molecule has 3 amide bonds. The van der Waals surface area contributed by atoms with E-state index in [0.717, 1.165) is 18.7 Å². The lowest BCUT2D eigenvalue weighted by atomic mass is 10.2. The first kappa shape index (κ1) is 25.0. The van der Waals surface area contributed by atoms with E-state index in [1.54, 1.807) is 6.07 Å². The number of hydrogen-bond donors (Lipinski definition) is 3. The monoisotopic (exact) mass is 518 g/mol. The van der Waals surface area contributed by atoms with Gasteiger partial charge in [0.05, 0.1) is 28.5 Å². The van der Waals surface area contributed by atoms with Gasteiger partial charge in [0.15, 0.2) is 4.34 Å². The summed E-state index contributed by atoms with van der Waals surface area (Å²) in [6.07, 6.45) is -0.0881. The minimum Gasteiger partial charge on any atom is -0.374 e. The number of urea groups is 1. The SMILES string of the molecule is CCNC(=O)Nc1nnc(SCC(=O)NC[C@H]2CN(Cc3ccc(Cl)c(Cl)c3)CCO2)s1. The van der Waals surface area contributed by atoms with Crippen LogP contribution < -0.4 is 16.0 Å². The molecule has 0 aliphatic carbocycles. The Kier molecular flexibility index (Phi) is 9.82. The van der Waals surface area contributed by atoms with Crippen molar-refractivity contribution in [2.75, 3.05) is 43.9 Å². The molecular weight excluding hydrogens is 495 g/mol. The second-order valence-corrected chi connectivity index (χ2v) is 9.94. The van der Waals surface area contributed by atoms with Crippen LogP contribution in [0.15, 0.2) is 22.5 Å². The van der Waals surface area contributed by atoms with Crippen LogP contribution >= 0.6 is 46.3 Å². The third-order valence-electron chi connectivity index (χ3n) is 4.43. The normalized spacial score (nSPS) is 16.5. The Morgan fingerprint density at radius 1 is 1.28 bits per heavy atom. The molecule has 13 heteroatoms. The van der Waals surface area contributed by atoms with Gasteiger partial charge in [0.1, 0.15) is 0 Å². The Morgan fingerprint density at radius 2 is 2.12 bits per heavy atom. The number of hydrogen-bond acceptors (Lipinski definition) is 8. The van der Waals surface area contributed by atoms with Crippen LogP contribution in [0.5, 0.6) is 0 Å². The fraction of sp³-hybridized carbons (Fsp3) is 0.474. The van der Waals surface area contributed by atoms with Gasteiger partial charge in [-0.25, -0.2) is 4.79 Å². The topological polar surface area (TPSA) is 108 Å². The maximum absolute atomic E-state index is 12.2. The molecule has 3 N–H and O–H groups in total. The summed E-state index contributed by atoms with van der Waals surface area (Å²) in [5, 5.41) is 17.4. The number of carbonyl (C=O) groups excluding carboxylic acids is 2. The Morgan fingerprint density at radius 3 is 2.91 bits per heavy atom. The van der Waals surface area contributed by atoms with Crippen LogP contribution in [0.2, 0.25) is 10.0 Å². The van der Waals surface area contributed by atoms with E-state index in [2.05, 4.69) is 31.0 Å². The van der Waals surface area contributed by atoms with Crippen LogP contribution in [0.4, 0.5) is 9.93 Å². The third kappa shape index (κ3) is 8.05. The van der Waals surface area contributed by atoms with E-state index in [9.17, 15) is 9.59 Å². The second-order valence-electron chi connectivity index (χ2n) is 6.93. The number of ether oxygens (including phenoxy) is 1. The van der Waals surface area contributed by atoms with E-state index in [1.165, 1.54) is 23.1 Å². The summed E-state index contributed by atoms with van der Waals surface area (Å²) in [4.78, 5) is 26.0. The van der Waals surface area contributed by atoms with Crippen molar-refractivity contribution >= 4 is 63.4 Å². The van der Waals surface area contributed by atoms with Crippen molar-refractivity contribution in [3.8, 4) is 0 Å². The molecule has 2 aromatic rings. The first-order chi connectivity index (χ1) is 15.4. The van der Waals surface area contributed by atoms with Gasteiger partial charge in [-0.2, -0.15) is 0 Å². The van der Waals surface area contributed by atoms with Gasteiger partial charge in [-0.15, -0.1) is 10.2 Å². The first-order valence-corrected chi connectivity index (χ1v) is 12.5. The quantitative estimate of drug-likeness (QED) is 0.345. The van der Waals surface area contributed by atoms with Gasteiger partial charge in [0.2, 0.25) is 11.0 Å². The van der Waals surface area contributed by atoms with Crippen LogP contribution in [0.3, 0.4) is 0 Å². The molecule has 0 unspecified atom stereocenters. The minimum atomic E-state index is -0.335. The van der Waals surface area contributed by atoms with Gasteiger partial charge in [-0.05, 0) is 24.6 Å². The fourth-order valence-corrected chi connectivity index (χ4v) is 4.87. The molecule has 0 spiro atoms. The average Bonchev–Trinajstić information content (AvgIpc) is 3.21. The zero-order valence-corrected chi connectivity index (χ0v) is 20.5. The van der Waals surface area contributed by atoms with E-state index in [4.69, 9.17) is 27.9 Å². The first-order valence-electron chi connectivity index (χ1n) is 9.98. The number of morpholine rings is 1. The van der Waals surface area contributed by atoms with E-state index < -0.39 is 0 Å². The number of nitrogens with one attached hydrogen (secondary N) is 3. The van der Waals surface area contributed by atoms with E-state index in [0.29, 0.717) is 45.8 Å². The molecule has 1 fully saturated rings. The van der Waals surface area contributed by atoms with Crippen LogP contribution in [0.1, 0.15) is 12.5 Å². The molecule has 0 radical (unpaired) electrons. The number of aromatic nitrogens is 2. The maximum Gasteiger partial charge on any atom is 0.321 e. The van der Waals surface area contributed by atoms with Crippen molar-refractivity contribution in [3.05, 3.63) is 33.8 Å². The molecule has 1 saturated heterocycles. The number of carbonyl (C=O) groups is 2. The number of rotatable bonds is 9. The van der Waals surface area contributed by atoms with Gasteiger partial charge in [-0.3, -0.25) is 15.0 Å². The van der Waals surface area contributed by atoms with E-state index in [1.807, 2.05) is 19.1 Å².